The zero-order valence-corrected chi connectivity index (χ0v) is 16.4. The molecule has 0 radical (unpaired) electrons. The maximum absolute atomic E-state index is 14.6. The molecule has 1 N–H and O–H groups in total. The first kappa shape index (κ1) is 19.1. The summed E-state index contributed by atoms with van der Waals surface area (Å²) in [6.45, 7) is 1.52. The summed E-state index contributed by atoms with van der Waals surface area (Å²) in [6.07, 6.45) is 2.75. The van der Waals surface area contributed by atoms with Gasteiger partial charge in [-0.2, -0.15) is 0 Å². The molecule has 4 aliphatic rings. The van der Waals surface area contributed by atoms with E-state index in [2.05, 4.69) is 4.98 Å². The molecule has 0 unspecified atom stereocenters. The Morgan fingerprint density at radius 1 is 1.17 bits per heavy atom. The molecule has 2 amide bonds. The van der Waals surface area contributed by atoms with Gasteiger partial charge in [0.05, 0.1) is 5.60 Å². The summed E-state index contributed by atoms with van der Waals surface area (Å²) in [7, 11) is 0. The van der Waals surface area contributed by atoms with Crippen molar-refractivity contribution in [3.63, 3.8) is 0 Å². The highest BCUT2D eigenvalue weighted by Crippen LogP contribution is 2.70. The maximum Gasteiger partial charge on any atom is 0.252 e. The molecule has 2 bridgehead atoms. The van der Waals surface area contributed by atoms with Gasteiger partial charge in [0.15, 0.2) is 11.6 Å². The zero-order valence-electron chi connectivity index (χ0n) is 16.4. The summed E-state index contributed by atoms with van der Waals surface area (Å²) in [5, 5.41) is 10.2. The largest absolute Gasteiger partial charge is 0.390 e. The molecule has 156 valence electrons. The minimum atomic E-state index is -0.819. The molecule has 1 aromatic heterocycles. The van der Waals surface area contributed by atoms with Crippen molar-refractivity contribution in [2.45, 2.75) is 44.4 Å². The maximum atomic E-state index is 14.6. The molecular weight excluding hydrogens is 392 g/mol. The molecular formula is C22H21F2N3O3. The lowest BCUT2D eigenvalue weighted by atomic mass is 9.38. The highest BCUT2D eigenvalue weighted by Gasteiger charge is 2.73. The van der Waals surface area contributed by atoms with Gasteiger partial charge in [-0.05, 0) is 55.5 Å². The predicted octanol–water partition coefficient (Wildman–Crippen LogP) is 2.33. The highest BCUT2D eigenvalue weighted by molar-refractivity contribution is 6.06. The fourth-order valence-corrected chi connectivity index (χ4v) is 5.29. The van der Waals surface area contributed by atoms with Crippen LogP contribution in [0.1, 0.15) is 30.4 Å². The van der Waals surface area contributed by atoms with Crippen LogP contribution in [0.25, 0.3) is 0 Å². The van der Waals surface area contributed by atoms with Crippen LogP contribution < -0.4 is 4.90 Å². The molecule has 6 nitrogen and oxygen atoms in total. The van der Waals surface area contributed by atoms with E-state index in [-0.39, 0.29) is 30.6 Å². The SMILES string of the molecule is Cc1cnc(N2CC(=O)N(Cc3ccc(F)cc3)[C@@H](C34CC(O)(C3)C4)C2=O)c(F)c1. The first-order chi connectivity index (χ1) is 14.2. The van der Waals surface area contributed by atoms with Gasteiger partial charge >= 0.3 is 0 Å². The van der Waals surface area contributed by atoms with Gasteiger partial charge in [0.2, 0.25) is 5.91 Å². The van der Waals surface area contributed by atoms with E-state index in [1.807, 2.05) is 0 Å². The molecule has 3 aliphatic carbocycles. The minimum Gasteiger partial charge on any atom is -0.390 e. The topological polar surface area (TPSA) is 73.7 Å². The normalized spacial score (nSPS) is 30.2. The second-order valence-electron chi connectivity index (χ2n) is 8.91. The quantitative estimate of drug-likeness (QED) is 0.835. The number of aromatic nitrogens is 1. The van der Waals surface area contributed by atoms with Gasteiger partial charge in [0, 0.05) is 18.2 Å². The predicted molar refractivity (Wildman–Crippen MR) is 103 cm³/mol. The molecule has 1 aromatic carbocycles. The van der Waals surface area contributed by atoms with E-state index in [1.54, 1.807) is 19.1 Å². The van der Waals surface area contributed by atoms with E-state index in [9.17, 15) is 23.5 Å². The average molecular weight is 413 g/mol. The monoisotopic (exact) mass is 413 g/mol. The number of anilines is 1. The second-order valence-corrected chi connectivity index (χ2v) is 8.91. The summed E-state index contributed by atoms with van der Waals surface area (Å²) < 4.78 is 27.8. The van der Waals surface area contributed by atoms with Crippen LogP contribution in [0.15, 0.2) is 36.5 Å². The Morgan fingerprint density at radius 2 is 1.83 bits per heavy atom. The van der Waals surface area contributed by atoms with Gasteiger partial charge in [0.25, 0.3) is 5.91 Å². The molecule has 30 heavy (non-hydrogen) atoms. The van der Waals surface area contributed by atoms with Crippen LogP contribution in [-0.2, 0) is 16.1 Å². The summed E-state index contributed by atoms with van der Waals surface area (Å²) in [6, 6.07) is 6.23. The number of aliphatic hydroxyl groups is 1. The van der Waals surface area contributed by atoms with E-state index in [0.29, 0.717) is 30.4 Å². The molecule has 2 heterocycles. The lowest BCUT2D eigenvalue weighted by molar-refractivity contribution is -0.280. The molecule has 8 heteroatoms. The smallest absolute Gasteiger partial charge is 0.252 e. The number of benzene rings is 1. The van der Waals surface area contributed by atoms with Gasteiger partial charge in [-0.1, -0.05) is 12.1 Å². The van der Waals surface area contributed by atoms with Gasteiger partial charge in [0.1, 0.15) is 18.4 Å². The van der Waals surface area contributed by atoms with Crippen molar-refractivity contribution in [3.05, 3.63) is 59.3 Å². The summed E-state index contributed by atoms with van der Waals surface area (Å²) in [5.41, 5.74) is 0.0334. The molecule has 1 saturated heterocycles. The Hall–Kier alpha value is -2.87. The average Bonchev–Trinajstić information content (AvgIpc) is 2.64. The fraction of sp³-hybridized carbons (Fsp3) is 0.409. The Morgan fingerprint density at radius 3 is 2.43 bits per heavy atom. The number of carbonyl (C=O) groups is 2. The number of nitrogens with zero attached hydrogens (tertiary/aromatic N) is 3. The molecule has 4 fully saturated rings. The van der Waals surface area contributed by atoms with Crippen molar-refractivity contribution in [1.29, 1.82) is 0 Å². The zero-order chi connectivity index (χ0) is 21.3. The van der Waals surface area contributed by atoms with E-state index in [4.69, 9.17) is 0 Å². The van der Waals surface area contributed by atoms with Crippen LogP contribution in [0.4, 0.5) is 14.6 Å². The Bertz CT molecular complexity index is 1040. The Balaban J connectivity index is 1.50. The van der Waals surface area contributed by atoms with E-state index in [1.165, 1.54) is 29.3 Å². The van der Waals surface area contributed by atoms with Crippen LogP contribution in [0.3, 0.4) is 0 Å². The van der Waals surface area contributed by atoms with Crippen molar-refractivity contribution >= 4 is 17.6 Å². The molecule has 6 rings (SSSR count). The van der Waals surface area contributed by atoms with Crippen LogP contribution >= 0.6 is 0 Å². The standard InChI is InChI=1S/C22H21F2N3O3/c1-13-6-16(24)19(25-7-13)27-9-17(28)26(8-14-2-4-15(23)5-3-14)18(20(27)29)21-10-22(30,11-21)12-21/h2-7,18,30H,8-12H2,1H3/t18-,21?,22?/m1/s1. The summed E-state index contributed by atoms with van der Waals surface area (Å²) >= 11 is 0. The third-order valence-corrected chi connectivity index (χ3v) is 6.53. The van der Waals surface area contributed by atoms with Gasteiger partial charge in [-0.25, -0.2) is 13.8 Å². The van der Waals surface area contributed by atoms with Gasteiger partial charge < -0.3 is 10.0 Å². The van der Waals surface area contributed by atoms with Crippen molar-refractivity contribution in [3.8, 4) is 0 Å². The van der Waals surface area contributed by atoms with Crippen molar-refractivity contribution < 1.29 is 23.5 Å². The molecule has 2 aromatic rings. The number of aryl methyl sites for hydroxylation is 1. The number of amides is 2. The van der Waals surface area contributed by atoms with E-state index >= 15 is 0 Å². The van der Waals surface area contributed by atoms with Crippen LogP contribution in [0.5, 0.6) is 0 Å². The van der Waals surface area contributed by atoms with Crippen LogP contribution in [0, 0.1) is 24.0 Å². The van der Waals surface area contributed by atoms with E-state index in [0.717, 1.165) is 4.90 Å². The number of pyridine rings is 1. The molecule has 1 atom stereocenters. The van der Waals surface area contributed by atoms with Crippen molar-refractivity contribution in [2.75, 3.05) is 11.4 Å². The minimum absolute atomic E-state index is 0.146. The van der Waals surface area contributed by atoms with Crippen LogP contribution in [-0.4, -0.2) is 45.0 Å². The first-order valence-electron chi connectivity index (χ1n) is 9.90. The van der Waals surface area contributed by atoms with Crippen LogP contribution in [0.2, 0.25) is 0 Å². The summed E-state index contributed by atoms with van der Waals surface area (Å²) in [5.74, 6) is -1.92. The molecule has 0 spiro atoms. The Kier molecular flexibility index (Phi) is 4.02. The Labute approximate surface area is 172 Å². The number of hydrogen-bond acceptors (Lipinski definition) is 4. The number of carbonyl (C=O) groups excluding carboxylic acids is 2. The third kappa shape index (κ3) is 2.81. The fourth-order valence-electron chi connectivity index (χ4n) is 5.29. The van der Waals surface area contributed by atoms with Crippen molar-refractivity contribution in [1.82, 2.24) is 9.88 Å². The number of rotatable bonds is 4. The first-order valence-corrected chi connectivity index (χ1v) is 9.90. The van der Waals surface area contributed by atoms with E-state index < -0.39 is 28.8 Å². The molecule has 1 aliphatic heterocycles. The number of piperazine rings is 1. The lowest BCUT2D eigenvalue weighted by Crippen LogP contribution is -2.78. The lowest BCUT2D eigenvalue weighted by Gasteiger charge is -2.71. The van der Waals surface area contributed by atoms with Gasteiger partial charge in [-0.15, -0.1) is 0 Å². The highest BCUT2D eigenvalue weighted by atomic mass is 19.1. The third-order valence-electron chi connectivity index (χ3n) is 6.53. The molecule has 3 saturated carbocycles. The summed E-state index contributed by atoms with van der Waals surface area (Å²) in [4.78, 5) is 33.3. The number of hydrogen-bond donors (Lipinski definition) is 1. The van der Waals surface area contributed by atoms with Crippen molar-refractivity contribution in [2.24, 2.45) is 5.41 Å². The second kappa shape index (κ2) is 6.31. The van der Waals surface area contributed by atoms with Gasteiger partial charge in [-0.3, -0.25) is 14.5 Å². The number of halogens is 2.